The molecule has 4 nitrogen and oxygen atoms in total. The molecule has 2 aromatic carbocycles. The maximum absolute atomic E-state index is 12.6. The lowest BCUT2D eigenvalue weighted by Crippen LogP contribution is -2.24. The molecule has 0 fully saturated rings. The number of rotatable bonds is 3. The molecule has 0 amide bonds. The van der Waals surface area contributed by atoms with Crippen LogP contribution in [0.15, 0.2) is 59.6 Å². The predicted molar refractivity (Wildman–Crippen MR) is 81.2 cm³/mol. The molecule has 0 saturated carbocycles. The fraction of sp³-hybridized carbons (Fsp3) is 0.176. The smallest absolute Gasteiger partial charge is 0.283 e. The topological polar surface area (TPSA) is 64.7 Å². The number of ether oxygens (including phenoxy) is 1. The van der Waals surface area contributed by atoms with Crippen LogP contribution in [0.4, 0.5) is 0 Å². The van der Waals surface area contributed by atoms with Gasteiger partial charge >= 0.3 is 0 Å². The summed E-state index contributed by atoms with van der Waals surface area (Å²) < 4.78 is 5.53. The van der Waals surface area contributed by atoms with Gasteiger partial charge in [0.05, 0.1) is 0 Å². The van der Waals surface area contributed by atoms with Crippen molar-refractivity contribution in [1.29, 1.82) is 0 Å². The van der Waals surface area contributed by atoms with E-state index in [9.17, 15) is 4.79 Å². The van der Waals surface area contributed by atoms with Gasteiger partial charge in [-0.25, -0.2) is 4.99 Å². The highest BCUT2D eigenvalue weighted by molar-refractivity contribution is 6.02. The van der Waals surface area contributed by atoms with E-state index >= 15 is 0 Å². The highest BCUT2D eigenvalue weighted by atomic mass is 16.5. The van der Waals surface area contributed by atoms with Gasteiger partial charge in [0, 0.05) is 5.56 Å². The number of aliphatic imine (C=N–C) groups is 1. The first kappa shape index (κ1) is 13.4. The average Bonchev–Trinajstić information content (AvgIpc) is 2.90. The van der Waals surface area contributed by atoms with E-state index in [1.165, 1.54) is 0 Å². The quantitative estimate of drug-likeness (QED) is 0.879. The van der Waals surface area contributed by atoms with Crippen LogP contribution in [0.5, 0.6) is 0 Å². The average molecular weight is 280 g/mol. The minimum Gasteiger partial charge on any atom is -0.454 e. The summed E-state index contributed by atoms with van der Waals surface area (Å²) in [6.45, 7) is 1.98. The zero-order valence-electron chi connectivity index (χ0n) is 11.7. The number of nitrogens with two attached hydrogens (primary N) is 1. The van der Waals surface area contributed by atoms with E-state index in [1.807, 2.05) is 61.5 Å². The molecule has 0 spiro atoms. The maximum atomic E-state index is 12.6. The molecule has 0 aliphatic carbocycles. The summed E-state index contributed by atoms with van der Waals surface area (Å²) in [5.41, 5.74) is 8.29. The minimum atomic E-state index is -0.630. The standard InChI is InChI=1S/C17H16N2O2/c1-11-7-9-12(10-8-11)15(20)14-16(21-17(18)19-14)13-5-3-2-4-6-13/h2-10,14,16H,1H3,(H2,18,19)/t14-,16+/m1/s1. The molecule has 0 aromatic heterocycles. The Morgan fingerprint density at radius 2 is 1.76 bits per heavy atom. The number of aryl methyl sites for hydroxylation is 1. The van der Waals surface area contributed by atoms with Gasteiger partial charge in [0.15, 0.2) is 17.9 Å². The molecular formula is C17H16N2O2. The van der Waals surface area contributed by atoms with Gasteiger partial charge < -0.3 is 10.5 Å². The van der Waals surface area contributed by atoms with Gasteiger partial charge in [-0.3, -0.25) is 4.79 Å². The summed E-state index contributed by atoms with van der Waals surface area (Å²) in [7, 11) is 0. The Morgan fingerprint density at radius 1 is 1.10 bits per heavy atom. The molecule has 0 bridgehead atoms. The van der Waals surface area contributed by atoms with Crippen molar-refractivity contribution >= 4 is 11.8 Å². The lowest BCUT2D eigenvalue weighted by molar-refractivity contribution is 0.0889. The predicted octanol–water partition coefficient (Wildman–Crippen LogP) is 2.63. The molecule has 2 atom stereocenters. The summed E-state index contributed by atoms with van der Waals surface area (Å²) in [6.07, 6.45) is -0.458. The first-order valence-corrected chi connectivity index (χ1v) is 6.81. The van der Waals surface area contributed by atoms with E-state index in [1.54, 1.807) is 0 Å². The van der Waals surface area contributed by atoms with Crippen molar-refractivity contribution < 1.29 is 9.53 Å². The maximum Gasteiger partial charge on any atom is 0.283 e. The fourth-order valence-corrected chi connectivity index (χ4v) is 2.41. The van der Waals surface area contributed by atoms with E-state index in [0.29, 0.717) is 5.56 Å². The fourth-order valence-electron chi connectivity index (χ4n) is 2.41. The van der Waals surface area contributed by atoms with E-state index in [-0.39, 0.29) is 11.8 Å². The number of hydrogen-bond donors (Lipinski definition) is 1. The van der Waals surface area contributed by atoms with Crippen molar-refractivity contribution in [2.24, 2.45) is 10.7 Å². The van der Waals surface area contributed by atoms with Crippen LogP contribution in [0.1, 0.15) is 27.6 Å². The van der Waals surface area contributed by atoms with E-state index < -0.39 is 12.1 Å². The van der Waals surface area contributed by atoms with Gasteiger partial charge in [-0.05, 0) is 12.5 Å². The number of carbonyl (C=O) groups is 1. The third-order valence-electron chi connectivity index (χ3n) is 3.53. The molecular weight excluding hydrogens is 264 g/mol. The molecule has 2 aromatic rings. The Kier molecular flexibility index (Phi) is 3.44. The van der Waals surface area contributed by atoms with Crippen LogP contribution in [0.2, 0.25) is 0 Å². The summed E-state index contributed by atoms with van der Waals surface area (Å²) >= 11 is 0. The zero-order chi connectivity index (χ0) is 14.8. The Morgan fingerprint density at radius 3 is 2.43 bits per heavy atom. The van der Waals surface area contributed by atoms with Crippen molar-refractivity contribution in [2.75, 3.05) is 0 Å². The first-order chi connectivity index (χ1) is 10.1. The third-order valence-corrected chi connectivity index (χ3v) is 3.53. The number of carbonyl (C=O) groups excluding carboxylic acids is 1. The molecule has 21 heavy (non-hydrogen) atoms. The molecule has 4 heteroatoms. The molecule has 0 radical (unpaired) electrons. The number of ketones is 1. The van der Waals surface area contributed by atoms with Gasteiger partial charge in [-0.2, -0.15) is 0 Å². The Balaban J connectivity index is 1.91. The SMILES string of the molecule is Cc1ccc(C(=O)[C@H]2N=C(N)O[C@H]2c2ccccc2)cc1. The largest absolute Gasteiger partial charge is 0.454 e. The number of nitrogens with zero attached hydrogens (tertiary/aromatic N) is 1. The van der Waals surface area contributed by atoms with Gasteiger partial charge in [-0.15, -0.1) is 0 Å². The molecule has 0 saturated heterocycles. The van der Waals surface area contributed by atoms with Crippen LogP contribution < -0.4 is 5.73 Å². The normalized spacial score (nSPS) is 20.7. The van der Waals surface area contributed by atoms with Crippen molar-refractivity contribution in [2.45, 2.75) is 19.1 Å². The first-order valence-electron chi connectivity index (χ1n) is 6.81. The van der Waals surface area contributed by atoms with E-state index in [0.717, 1.165) is 11.1 Å². The second-order valence-electron chi connectivity index (χ2n) is 5.09. The summed E-state index contributed by atoms with van der Waals surface area (Å²) in [4.78, 5) is 16.8. The minimum absolute atomic E-state index is 0.0642. The Hall–Kier alpha value is -2.62. The lowest BCUT2D eigenvalue weighted by Gasteiger charge is -2.16. The number of Topliss-reactive ketones (excluding diaryl/α,β-unsaturated/α-hetero) is 1. The van der Waals surface area contributed by atoms with Crippen molar-refractivity contribution in [3.05, 3.63) is 71.3 Å². The molecule has 3 rings (SSSR count). The summed E-state index contributed by atoms with van der Waals surface area (Å²) in [6, 6.07) is 16.4. The summed E-state index contributed by atoms with van der Waals surface area (Å²) in [5, 5.41) is 0. The molecule has 0 unspecified atom stereocenters. The Labute approximate surface area is 123 Å². The van der Waals surface area contributed by atoms with Crippen LogP contribution in [-0.2, 0) is 4.74 Å². The number of amidine groups is 1. The van der Waals surface area contributed by atoms with Crippen LogP contribution in [0, 0.1) is 6.92 Å². The van der Waals surface area contributed by atoms with Gasteiger partial charge in [0.2, 0.25) is 0 Å². The second-order valence-corrected chi connectivity index (χ2v) is 5.09. The monoisotopic (exact) mass is 280 g/mol. The van der Waals surface area contributed by atoms with E-state index in [2.05, 4.69) is 4.99 Å². The van der Waals surface area contributed by atoms with Gasteiger partial charge in [0.25, 0.3) is 6.02 Å². The van der Waals surface area contributed by atoms with E-state index in [4.69, 9.17) is 10.5 Å². The highest BCUT2D eigenvalue weighted by Crippen LogP contribution is 2.30. The summed E-state index contributed by atoms with van der Waals surface area (Å²) in [5.74, 6) is -0.0793. The van der Waals surface area contributed by atoms with Crippen LogP contribution in [0.3, 0.4) is 0 Å². The highest BCUT2D eigenvalue weighted by Gasteiger charge is 2.37. The molecule has 1 aliphatic heterocycles. The second kappa shape index (κ2) is 5.40. The molecule has 2 N–H and O–H groups in total. The Bertz CT molecular complexity index is 678. The van der Waals surface area contributed by atoms with Crippen LogP contribution in [-0.4, -0.2) is 17.8 Å². The molecule has 106 valence electrons. The zero-order valence-corrected chi connectivity index (χ0v) is 11.7. The molecule has 1 heterocycles. The van der Waals surface area contributed by atoms with Gasteiger partial charge in [-0.1, -0.05) is 60.2 Å². The van der Waals surface area contributed by atoms with Crippen LogP contribution in [0.25, 0.3) is 0 Å². The van der Waals surface area contributed by atoms with Gasteiger partial charge in [0.1, 0.15) is 0 Å². The lowest BCUT2D eigenvalue weighted by atomic mass is 9.95. The number of benzene rings is 2. The third kappa shape index (κ3) is 2.65. The van der Waals surface area contributed by atoms with Crippen molar-refractivity contribution in [1.82, 2.24) is 0 Å². The van der Waals surface area contributed by atoms with Crippen molar-refractivity contribution in [3.8, 4) is 0 Å². The molecule has 1 aliphatic rings. The van der Waals surface area contributed by atoms with Crippen molar-refractivity contribution in [3.63, 3.8) is 0 Å². The van der Waals surface area contributed by atoms with Crippen LogP contribution >= 0.6 is 0 Å². The number of hydrogen-bond acceptors (Lipinski definition) is 4.